The van der Waals surface area contributed by atoms with E-state index in [4.69, 9.17) is 28.4 Å². The fraction of sp³-hybridized carbons (Fsp3) is 0.452. The highest BCUT2D eigenvalue weighted by Gasteiger charge is 2.30. The number of ketones is 2. The van der Waals surface area contributed by atoms with Gasteiger partial charge in [-0.25, -0.2) is 0 Å². The lowest BCUT2D eigenvalue weighted by Crippen LogP contribution is -2.26. The third-order valence-corrected chi connectivity index (χ3v) is 10.9. The minimum atomic E-state index is -0.706. The van der Waals surface area contributed by atoms with Crippen molar-refractivity contribution in [3.05, 3.63) is 117 Å². The van der Waals surface area contributed by atoms with Gasteiger partial charge in [-0.1, -0.05) is 13.8 Å². The number of benzene rings is 4. The summed E-state index contributed by atoms with van der Waals surface area (Å²) < 4.78 is 34.8. The van der Waals surface area contributed by atoms with E-state index in [1.165, 1.54) is 12.2 Å². The Labute approximate surface area is 440 Å². The first-order chi connectivity index (χ1) is 34.1. The quantitative estimate of drug-likeness (QED) is 0.0453. The number of carbonyl (C=O) groups excluding carboxylic acids is 6. The fourth-order valence-corrected chi connectivity index (χ4v) is 6.52. The summed E-state index contributed by atoms with van der Waals surface area (Å²) in [5, 5.41) is 0. The monoisotopic (exact) mass is 1020 g/mol. The second-order valence-electron chi connectivity index (χ2n) is 22.9. The minimum Gasteiger partial charge on any atom is -0.490 e. The van der Waals surface area contributed by atoms with Gasteiger partial charge in [0.1, 0.15) is 34.5 Å². The number of hydrogen-bond acceptors (Lipinski definition) is 12. The Morgan fingerprint density at radius 2 is 0.743 bits per heavy atom. The molecule has 74 heavy (non-hydrogen) atoms. The largest absolute Gasteiger partial charge is 0.490 e. The number of esters is 4. The lowest BCUT2D eigenvalue weighted by molar-refractivity contribution is -0.143. The Morgan fingerprint density at radius 1 is 0.432 bits per heavy atom. The maximum atomic E-state index is 13.1. The first-order valence-corrected chi connectivity index (χ1v) is 25.3. The van der Waals surface area contributed by atoms with Crippen LogP contribution in [0.25, 0.3) is 12.2 Å². The molecular weight excluding hydrogens is 937 g/mol. The summed E-state index contributed by atoms with van der Waals surface area (Å²) in [6.45, 7) is 36.9. The molecular formula is C62H80O12. The lowest BCUT2D eigenvalue weighted by Gasteiger charge is -2.23. The van der Waals surface area contributed by atoms with Gasteiger partial charge in [-0.2, -0.15) is 0 Å². The van der Waals surface area contributed by atoms with Crippen LogP contribution in [0.4, 0.5) is 0 Å². The molecule has 0 saturated carbocycles. The van der Waals surface area contributed by atoms with Crippen molar-refractivity contribution >= 4 is 47.6 Å². The summed E-state index contributed by atoms with van der Waals surface area (Å²) in [6, 6.07) is 16.7. The SMILES string of the molecule is CCc1cc(CC)c(OC(C)C)c(/C=C/C(=O)c2ccc(OC(=O)C(C)(C)C)cc2)c1OC(=O)C(C)(C)C.Cc1cc(C)c(OC(C)C)c(/C=C/C(=O)c2ccc(OC(=O)C(C)(C)C)cc2)c1OC(=O)C(C)(C)C. The number of carbonyl (C=O) groups is 6. The molecule has 0 aliphatic heterocycles. The fourth-order valence-electron chi connectivity index (χ4n) is 6.52. The van der Waals surface area contributed by atoms with Crippen LogP contribution in [-0.4, -0.2) is 47.7 Å². The smallest absolute Gasteiger partial charge is 0.316 e. The molecule has 0 heterocycles. The molecule has 4 aromatic rings. The zero-order chi connectivity index (χ0) is 56.3. The van der Waals surface area contributed by atoms with Gasteiger partial charge in [-0.15, -0.1) is 0 Å². The van der Waals surface area contributed by atoms with Crippen LogP contribution >= 0.6 is 0 Å². The highest BCUT2D eigenvalue weighted by atomic mass is 16.6. The minimum absolute atomic E-state index is 0.120. The van der Waals surface area contributed by atoms with Gasteiger partial charge in [0.2, 0.25) is 0 Å². The van der Waals surface area contributed by atoms with Gasteiger partial charge < -0.3 is 28.4 Å². The van der Waals surface area contributed by atoms with Crippen LogP contribution in [0.3, 0.4) is 0 Å². The first-order valence-electron chi connectivity index (χ1n) is 25.3. The van der Waals surface area contributed by atoms with Crippen LogP contribution in [-0.2, 0) is 32.0 Å². The number of ether oxygens (including phenoxy) is 6. The van der Waals surface area contributed by atoms with Gasteiger partial charge in [-0.3, -0.25) is 28.8 Å². The van der Waals surface area contributed by atoms with E-state index in [9.17, 15) is 28.8 Å². The molecule has 0 unspecified atom stereocenters. The standard InChI is InChI=1S/C32H42O6.C30H38O6/c1-11-21-19-22(12-2)28(38-30(35)32(8,9)10)25(27(21)36-20(3)4)17-18-26(33)23-13-15-24(16-14-23)37-29(34)31(5,6)7;1-18(2)34-25-19(3)17-20(4)26(36-28(33)30(8,9)10)23(25)15-16-24(31)21-11-13-22(14-12-21)35-27(32)29(5,6)7/h13-20H,11-12H2,1-10H3;11-18H,1-10H3/b18-17+;16-15+. The van der Waals surface area contributed by atoms with E-state index in [0.717, 1.165) is 22.3 Å². The zero-order valence-corrected chi connectivity index (χ0v) is 47.6. The maximum absolute atomic E-state index is 13.1. The van der Waals surface area contributed by atoms with Gasteiger partial charge in [0.05, 0.1) is 45.0 Å². The molecule has 12 heteroatoms. The van der Waals surface area contributed by atoms with Gasteiger partial charge in [0, 0.05) is 11.1 Å². The second-order valence-corrected chi connectivity index (χ2v) is 22.9. The van der Waals surface area contributed by atoms with E-state index in [0.29, 0.717) is 69.6 Å². The van der Waals surface area contributed by atoms with Crippen LogP contribution < -0.4 is 28.4 Å². The van der Waals surface area contributed by atoms with Crippen molar-refractivity contribution in [1.82, 2.24) is 0 Å². The summed E-state index contributed by atoms with van der Waals surface area (Å²) in [6.07, 6.45) is 7.28. The molecule has 0 amide bonds. The molecule has 400 valence electrons. The van der Waals surface area contributed by atoms with E-state index < -0.39 is 21.7 Å². The van der Waals surface area contributed by atoms with Crippen molar-refractivity contribution in [3.63, 3.8) is 0 Å². The van der Waals surface area contributed by atoms with Crippen LogP contribution in [0.2, 0.25) is 0 Å². The molecule has 0 aliphatic rings. The first kappa shape index (κ1) is 61.5. The zero-order valence-electron chi connectivity index (χ0n) is 47.6. The molecule has 4 aromatic carbocycles. The van der Waals surface area contributed by atoms with Crippen molar-refractivity contribution in [2.45, 2.75) is 164 Å². The third-order valence-electron chi connectivity index (χ3n) is 10.9. The van der Waals surface area contributed by atoms with E-state index >= 15 is 0 Å². The summed E-state index contributed by atoms with van der Waals surface area (Å²) in [4.78, 5) is 75.9. The predicted molar refractivity (Wildman–Crippen MR) is 293 cm³/mol. The number of hydrogen-bond donors (Lipinski definition) is 0. The topological polar surface area (TPSA) is 158 Å². The van der Waals surface area contributed by atoms with Gasteiger partial charge in [-0.05, 0) is 245 Å². The Kier molecular flexibility index (Phi) is 21.1. The molecule has 0 atom stereocenters. The predicted octanol–water partition coefficient (Wildman–Crippen LogP) is 14.3. The molecule has 0 N–H and O–H groups in total. The molecule has 0 radical (unpaired) electrons. The highest BCUT2D eigenvalue weighted by molar-refractivity contribution is 6.08. The summed E-state index contributed by atoms with van der Waals surface area (Å²) in [5.41, 5.74) is 2.75. The van der Waals surface area contributed by atoms with Crippen LogP contribution in [0.5, 0.6) is 34.5 Å². The van der Waals surface area contributed by atoms with Crippen molar-refractivity contribution < 1.29 is 57.2 Å². The Hall–Kier alpha value is -6.82. The van der Waals surface area contributed by atoms with Crippen molar-refractivity contribution in [2.24, 2.45) is 21.7 Å². The Balaban J connectivity index is 0.000000391. The highest BCUT2D eigenvalue weighted by Crippen LogP contribution is 2.41. The van der Waals surface area contributed by atoms with E-state index in [2.05, 4.69) is 0 Å². The number of allylic oxidation sites excluding steroid dienone is 2. The molecule has 4 rings (SSSR count). The summed E-state index contributed by atoms with van der Waals surface area (Å²) >= 11 is 0. The molecule has 0 bridgehead atoms. The maximum Gasteiger partial charge on any atom is 0.316 e. The molecule has 0 fully saturated rings. The van der Waals surface area contributed by atoms with Gasteiger partial charge >= 0.3 is 23.9 Å². The second kappa shape index (κ2) is 25.4. The van der Waals surface area contributed by atoms with Crippen LogP contribution in [0.15, 0.2) is 72.8 Å². The van der Waals surface area contributed by atoms with Crippen LogP contribution in [0, 0.1) is 35.5 Å². The van der Waals surface area contributed by atoms with Crippen molar-refractivity contribution in [2.75, 3.05) is 0 Å². The molecule has 12 nitrogen and oxygen atoms in total. The molecule has 0 aliphatic carbocycles. The third kappa shape index (κ3) is 17.7. The number of rotatable bonds is 16. The van der Waals surface area contributed by atoms with E-state index in [1.807, 2.05) is 67.5 Å². The van der Waals surface area contributed by atoms with E-state index in [-0.39, 0.29) is 47.7 Å². The summed E-state index contributed by atoms with van der Waals surface area (Å²) in [5.74, 6) is 0.712. The summed E-state index contributed by atoms with van der Waals surface area (Å²) in [7, 11) is 0. The molecule has 0 spiro atoms. The molecule has 0 saturated heterocycles. The Bertz CT molecular complexity index is 2720. The van der Waals surface area contributed by atoms with Crippen molar-refractivity contribution in [3.8, 4) is 34.5 Å². The Morgan fingerprint density at radius 3 is 1.09 bits per heavy atom. The molecule has 0 aromatic heterocycles. The van der Waals surface area contributed by atoms with Crippen LogP contribution in [0.1, 0.15) is 179 Å². The number of aryl methyl sites for hydroxylation is 4. The van der Waals surface area contributed by atoms with Gasteiger partial charge in [0.25, 0.3) is 0 Å². The normalized spacial score (nSPS) is 12.1. The lowest BCUT2D eigenvalue weighted by atomic mass is 9.95. The van der Waals surface area contributed by atoms with Gasteiger partial charge in [0.15, 0.2) is 11.6 Å². The van der Waals surface area contributed by atoms with Crippen molar-refractivity contribution in [1.29, 1.82) is 0 Å². The average Bonchev–Trinajstić information content (AvgIpc) is 3.29. The average molecular weight is 1020 g/mol. The van der Waals surface area contributed by atoms with E-state index in [1.54, 1.807) is 144 Å².